The van der Waals surface area contributed by atoms with E-state index >= 15 is 0 Å². The molecule has 0 saturated carbocycles. The van der Waals surface area contributed by atoms with Crippen LogP contribution >= 0.6 is 0 Å². The Kier molecular flexibility index (Phi) is 4.59. The highest BCUT2D eigenvalue weighted by Crippen LogP contribution is 2.26. The second-order valence-electron chi connectivity index (χ2n) is 6.77. The molecular weight excluding hydrogens is 312 g/mol. The number of carbonyl (C=O) groups excluding carboxylic acids is 1. The summed E-state index contributed by atoms with van der Waals surface area (Å²) in [6.45, 7) is 4.18. The van der Waals surface area contributed by atoms with Crippen molar-refractivity contribution in [2.24, 2.45) is 0 Å². The van der Waals surface area contributed by atoms with Crippen molar-refractivity contribution in [3.63, 3.8) is 0 Å². The van der Waals surface area contributed by atoms with Crippen molar-refractivity contribution >= 4 is 11.6 Å². The summed E-state index contributed by atoms with van der Waals surface area (Å²) in [5.74, 6) is 1.21. The first-order chi connectivity index (χ1) is 12.3. The molecule has 1 amide bonds. The number of anilines is 1. The number of para-hydroxylation sites is 1. The van der Waals surface area contributed by atoms with Gasteiger partial charge in [0.2, 0.25) is 5.91 Å². The van der Waals surface area contributed by atoms with E-state index in [1.807, 2.05) is 23.1 Å². The molecule has 0 bridgehead atoms. The lowest BCUT2D eigenvalue weighted by Gasteiger charge is -2.36. The molecule has 0 aliphatic carbocycles. The fourth-order valence-electron chi connectivity index (χ4n) is 3.66. The van der Waals surface area contributed by atoms with Crippen LogP contribution in [0.5, 0.6) is 5.75 Å². The molecule has 2 aliphatic heterocycles. The second-order valence-corrected chi connectivity index (χ2v) is 6.77. The van der Waals surface area contributed by atoms with Crippen LogP contribution in [0, 0.1) is 0 Å². The summed E-state index contributed by atoms with van der Waals surface area (Å²) < 4.78 is 5.65. The summed E-state index contributed by atoms with van der Waals surface area (Å²) >= 11 is 0. The van der Waals surface area contributed by atoms with Crippen LogP contribution in [0.4, 0.5) is 5.69 Å². The Bertz CT molecular complexity index is 737. The van der Waals surface area contributed by atoms with Crippen LogP contribution in [0.1, 0.15) is 17.5 Å². The van der Waals surface area contributed by atoms with Crippen LogP contribution in [0.2, 0.25) is 0 Å². The molecule has 0 unspecified atom stereocenters. The number of ether oxygens (including phenoxy) is 1. The van der Waals surface area contributed by atoms with Gasteiger partial charge in [0.25, 0.3) is 0 Å². The molecule has 0 spiro atoms. The third-order valence-electron chi connectivity index (χ3n) is 5.08. The van der Waals surface area contributed by atoms with E-state index in [4.69, 9.17) is 4.74 Å². The molecule has 4 rings (SSSR count). The number of amides is 1. The molecule has 0 N–H and O–H groups in total. The van der Waals surface area contributed by atoms with Crippen molar-refractivity contribution in [2.45, 2.75) is 19.3 Å². The van der Waals surface area contributed by atoms with E-state index in [2.05, 4.69) is 35.2 Å². The highest BCUT2D eigenvalue weighted by molar-refractivity contribution is 5.79. The molecule has 130 valence electrons. The van der Waals surface area contributed by atoms with Crippen molar-refractivity contribution in [1.29, 1.82) is 0 Å². The minimum atomic E-state index is 0.226. The second kappa shape index (κ2) is 7.18. The predicted octanol–water partition coefficient (Wildman–Crippen LogP) is 2.90. The first-order valence-corrected chi connectivity index (χ1v) is 9.12. The van der Waals surface area contributed by atoms with E-state index in [0.29, 0.717) is 6.42 Å². The van der Waals surface area contributed by atoms with E-state index in [0.717, 1.165) is 56.9 Å². The van der Waals surface area contributed by atoms with Crippen molar-refractivity contribution in [1.82, 2.24) is 4.90 Å². The standard InChI is InChI=1S/C21H24N2O2/c24-21(16-17-8-9-20-18(15-17)5-4-14-25-20)23-12-10-22(11-13-23)19-6-2-1-3-7-19/h1-3,6-9,15H,4-5,10-14,16H2. The van der Waals surface area contributed by atoms with Crippen LogP contribution in [-0.2, 0) is 17.6 Å². The van der Waals surface area contributed by atoms with Gasteiger partial charge in [-0.25, -0.2) is 0 Å². The first kappa shape index (κ1) is 16.0. The van der Waals surface area contributed by atoms with Gasteiger partial charge in [-0.05, 0) is 42.2 Å². The number of benzene rings is 2. The van der Waals surface area contributed by atoms with E-state index in [1.54, 1.807) is 0 Å². The monoisotopic (exact) mass is 336 g/mol. The van der Waals surface area contributed by atoms with E-state index < -0.39 is 0 Å². The highest BCUT2D eigenvalue weighted by Gasteiger charge is 2.21. The zero-order chi connectivity index (χ0) is 17.1. The van der Waals surface area contributed by atoms with Gasteiger partial charge < -0.3 is 14.5 Å². The van der Waals surface area contributed by atoms with Crippen molar-refractivity contribution in [2.75, 3.05) is 37.7 Å². The Labute approximate surface area is 149 Å². The summed E-state index contributed by atoms with van der Waals surface area (Å²) in [7, 11) is 0. The number of aryl methyl sites for hydroxylation is 1. The van der Waals surface area contributed by atoms with Gasteiger partial charge in [0.1, 0.15) is 5.75 Å². The summed E-state index contributed by atoms with van der Waals surface area (Å²) in [6, 6.07) is 16.6. The fourth-order valence-corrected chi connectivity index (χ4v) is 3.66. The Morgan fingerprint density at radius 1 is 1.00 bits per heavy atom. The number of rotatable bonds is 3. The lowest BCUT2D eigenvalue weighted by molar-refractivity contribution is -0.130. The summed E-state index contributed by atoms with van der Waals surface area (Å²) in [5.41, 5.74) is 3.58. The maximum absolute atomic E-state index is 12.7. The molecule has 2 heterocycles. The van der Waals surface area contributed by atoms with Gasteiger partial charge in [0.05, 0.1) is 13.0 Å². The van der Waals surface area contributed by atoms with Crippen LogP contribution in [0.3, 0.4) is 0 Å². The molecule has 0 atom stereocenters. The molecule has 0 radical (unpaired) electrons. The molecule has 4 heteroatoms. The van der Waals surface area contributed by atoms with Gasteiger partial charge in [0, 0.05) is 31.9 Å². The van der Waals surface area contributed by atoms with Crippen molar-refractivity contribution in [3.05, 3.63) is 59.7 Å². The van der Waals surface area contributed by atoms with Crippen LogP contribution in [0.25, 0.3) is 0 Å². The van der Waals surface area contributed by atoms with Gasteiger partial charge in [-0.2, -0.15) is 0 Å². The van der Waals surface area contributed by atoms with E-state index in [-0.39, 0.29) is 5.91 Å². The van der Waals surface area contributed by atoms with Crippen molar-refractivity contribution in [3.8, 4) is 5.75 Å². The lowest BCUT2D eigenvalue weighted by atomic mass is 10.0. The third-order valence-corrected chi connectivity index (χ3v) is 5.08. The SMILES string of the molecule is O=C(Cc1ccc2c(c1)CCCO2)N1CCN(c2ccccc2)CC1. The zero-order valence-electron chi connectivity index (χ0n) is 14.5. The number of hydrogen-bond acceptors (Lipinski definition) is 3. The zero-order valence-corrected chi connectivity index (χ0v) is 14.5. The number of hydrogen-bond donors (Lipinski definition) is 0. The number of piperazine rings is 1. The van der Waals surface area contributed by atoms with Gasteiger partial charge in [-0.1, -0.05) is 30.3 Å². The first-order valence-electron chi connectivity index (χ1n) is 9.12. The number of nitrogens with zero attached hydrogens (tertiary/aromatic N) is 2. The third kappa shape index (κ3) is 3.63. The highest BCUT2D eigenvalue weighted by atomic mass is 16.5. The molecule has 25 heavy (non-hydrogen) atoms. The molecule has 4 nitrogen and oxygen atoms in total. The Hall–Kier alpha value is -2.49. The van der Waals surface area contributed by atoms with Crippen molar-refractivity contribution < 1.29 is 9.53 Å². The smallest absolute Gasteiger partial charge is 0.227 e. The average Bonchev–Trinajstić information content (AvgIpc) is 2.69. The normalized spacial score (nSPS) is 17.0. The predicted molar refractivity (Wildman–Crippen MR) is 99.2 cm³/mol. The molecule has 1 fully saturated rings. The number of fused-ring (bicyclic) bond motifs is 1. The maximum atomic E-state index is 12.7. The van der Waals surface area contributed by atoms with E-state index in [1.165, 1.54) is 11.3 Å². The Balaban J connectivity index is 1.35. The quantitative estimate of drug-likeness (QED) is 0.864. The van der Waals surface area contributed by atoms with Gasteiger partial charge in [-0.15, -0.1) is 0 Å². The fraction of sp³-hybridized carbons (Fsp3) is 0.381. The minimum absolute atomic E-state index is 0.226. The summed E-state index contributed by atoms with van der Waals surface area (Å²) in [4.78, 5) is 17.0. The number of carbonyl (C=O) groups is 1. The largest absolute Gasteiger partial charge is 0.493 e. The van der Waals surface area contributed by atoms with Gasteiger partial charge in [-0.3, -0.25) is 4.79 Å². The van der Waals surface area contributed by atoms with Crippen LogP contribution < -0.4 is 9.64 Å². The average molecular weight is 336 g/mol. The lowest BCUT2D eigenvalue weighted by Crippen LogP contribution is -2.49. The Morgan fingerprint density at radius 2 is 1.80 bits per heavy atom. The maximum Gasteiger partial charge on any atom is 0.227 e. The summed E-state index contributed by atoms with van der Waals surface area (Å²) in [6.07, 6.45) is 2.59. The molecule has 2 aromatic rings. The molecule has 2 aromatic carbocycles. The molecule has 1 saturated heterocycles. The Morgan fingerprint density at radius 3 is 2.60 bits per heavy atom. The minimum Gasteiger partial charge on any atom is -0.493 e. The van der Waals surface area contributed by atoms with Crippen LogP contribution in [0.15, 0.2) is 48.5 Å². The molecular formula is C21H24N2O2. The van der Waals surface area contributed by atoms with E-state index in [9.17, 15) is 4.79 Å². The van der Waals surface area contributed by atoms with Crippen LogP contribution in [-0.4, -0.2) is 43.6 Å². The molecule has 0 aromatic heterocycles. The topological polar surface area (TPSA) is 32.8 Å². The summed E-state index contributed by atoms with van der Waals surface area (Å²) in [5, 5.41) is 0. The van der Waals surface area contributed by atoms with Gasteiger partial charge in [0.15, 0.2) is 0 Å². The van der Waals surface area contributed by atoms with Gasteiger partial charge >= 0.3 is 0 Å². The molecule has 2 aliphatic rings.